The predicted octanol–water partition coefficient (Wildman–Crippen LogP) is 3.30. The third kappa shape index (κ3) is 5.28. The quantitative estimate of drug-likeness (QED) is 0.681. The maximum atomic E-state index is 12.9. The van der Waals surface area contributed by atoms with Crippen molar-refractivity contribution in [2.24, 2.45) is 0 Å². The lowest BCUT2D eigenvalue weighted by Gasteiger charge is -2.32. The summed E-state index contributed by atoms with van der Waals surface area (Å²) in [5.41, 5.74) is 1.92. The van der Waals surface area contributed by atoms with Crippen molar-refractivity contribution in [3.05, 3.63) is 84.4 Å². The van der Waals surface area contributed by atoms with Gasteiger partial charge >= 0.3 is 0 Å². The highest BCUT2D eigenvalue weighted by Crippen LogP contribution is 2.20. The first kappa shape index (κ1) is 19.9. The normalized spacial score (nSPS) is 14.3. The van der Waals surface area contributed by atoms with Gasteiger partial charge in [-0.15, -0.1) is 6.58 Å². The summed E-state index contributed by atoms with van der Waals surface area (Å²) in [6.45, 7) is 6.23. The Bertz CT molecular complexity index is 688. The topological polar surface area (TPSA) is 52.6 Å². The smallest absolute Gasteiger partial charge is 0.240 e. The average Bonchev–Trinajstić information content (AvgIpc) is 2.70. The Morgan fingerprint density at radius 2 is 1.73 bits per heavy atom. The van der Waals surface area contributed by atoms with Gasteiger partial charge in [0.15, 0.2) is 0 Å². The van der Waals surface area contributed by atoms with E-state index in [0.717, 1.165) is 11.1 Å². The second kappa shape index (κ2) is 9.90. The van der Waals surface area contributed by atoms with E-state index in [1.807, 2.05) is 67.6 Å². The molecule has 0 aliphatic rings. The molecule has 2 rings (SSSR count). The zero-order chi connectivity index (χ0) is 18.9. The van der Waals surface area contributed by atoms with Gasteiger partial charge in [0, 0.05) is 13.6 Å². The summed E-state index contributed by atoms with van der Waals surface area (Å²) in [5.74, 6) is -0.0525. The molecule has 0 heterocycles. The summed E-state index contributed by atoms with van der Waals surface area (Å²) < 4.78 is 0. The number of hydrogen-bond donors (Lipinski definition) is 2. The summed E-state index contributed by atoms with van der Waals surface area (Å²) in [6.07, 6.45) is 1.54. The molecule has 4 nitrogen and oxygen atoms in total. The number of nitrogens with zero attached hydrogens (tertiary/aromatic N) is 1. The highest BCUT2D eigenvalue weighted by atomic mass is 16.3. The van der Waals surface area contributed by atoms with Crippen molar-refractivity contribution in [1.82, 2.24) is 10.2 Å². The number of hydrogen-bond acceptors (Lipinski definition) is 3. The molecule has 2 aromatic rings. The highest BCUT2D eigenvalue weighted by molar-refractivity contribution is 5.82. The van der Waals surface area contributed by atoms with E-state index in [4.69, 9.17) is 0 Å². The monoisotopic (exact) mass is 352 g/mol. The molecule has 0 bridgehead atoms. The van der Waals surface area contributed by atoms with Crippen molar-refractivity contribution < 1.29 is 9.90 Å². The SMILES string of the molecule is C=CC[C@H](NCc1ccccc1)C(=O)N(C)[C@@H](C)[C@@H](O)c1ccccc1. The molecule has 1 amide bonds. The third-order valence-corrected chi connectivity index (χ3v) is 4.65. The van der Waals surface area contributed by atoms with Crippen LogP contribution in [-0.2, 0) is 11.3 Å². The van der Waals surface area contributed by atoms with E-state index < -0.39 is 6.10 Å². The number of aliphatic hydroxyl groups is 1. The van der Waals surface area contributed by atoms with Crippen LogP contribution >= 0.6 is 0 Å². The van der Waals surface area contributed by atoms with E-state index in [9.17, 15) is 9.90 Å². The summed E-state index contributed by atoms with van der Waals surface area (Å²) in [5, 5.41) is 13.9. The van der Waals surface area contributed by atoms with Gasteiger partial charge in [-0.05, 0) is 24.5 Å². The van der Waals surface area contributed by atoms with Gasteiger partial charge in [-0.2, -0.15) is 0 Å². The van der Waals surface area contributed by atoms with Gasteiger partial charge in [0.2, 0.25) is 5.91 Å². The molecule has 2 aromatic carbocycles. The van der Waals surface area contributed by atoms with Crippen LogP contribution in [0.2, 0.25) is 0 Å². The van der Waals surface area contributed by atoms with Crippen molar-refractivity contribution in [2.45, 2.75) is 38.1 Å². The predicted molar refractivity (Wildman–Crippen MR) is 106 cm³/mol. The Kier molecular flexibility index (Phi) is 7.57. The van der Waals surface area contributed by atoms with Gasteiger partial charge in [0.25, 0.3) is 0 Å². The molecular weight excluding hydrogens is 324 g/mol. The lowest BCUT2D eigenvalue weighted by atomic mass is 10.0. The van der Waals surface area contributed by atoms with Crippen LogP contribution < -0.4 is 5.32 Å². The van der Waals surface area contributed by atoms with E-state index >= 15 is 0 Å². The number of benzene rings is 2. The first-order chi connectivity index (χ1) is 12.5. The van der Waals surface area contributed by atoms with Gasteiger partial charge in [-0.25, -0.2) is 0 Å². The lowest BCUT2D eigenvalue weighted by Crippen LogP contribution is -2.49. The van der Waals surface area contributed by atoms with E-state index in [-0.39, 0.29) is 18.0 Å². The minimum Gasteiger partial charge on any atom is -0.386 e. The van der Waals surface area contributed by atoms with Crippen LogP contribution in [0.4, 0.5) is 0 Å². The maximum absolute atomic E-state index is 12.9. The van der Waals surface area contributed by atoms with Crippen LogP contribution in [0.25, 0.3) is 0 Å². The van der Waals surface area contributed by atoms with Gasteiger partial charge in [0.05, 0.1) is 18.2 Å². The fourth-order valence-corrected chi connectivity index (χ4v) is 2.86. The number of aliphatic hydroxyl groups excluding tert-OH is 1. The standard InChI is InChI=1S/C22H28N2O2/c1-4-11-20(23-16-18-12-7-5-8-13-18)22(26)24(3)17(2)21(25)19-14-9-6-10-15-19/h4-10,12-15,17,20-21,23,25H,1,11,16H2,2-3H3/t17-,20-,21+/m0/s1. The van der Waals surface area contributed by atoms with Gasteiger partial charge in [-0.1, -0.05) is 66.7 Å². The molecule has 4 heteroatoms. The number of carbonyl (C=O) groups excluding carboxylic acids is 1. The Morgan fingerprint density at radius 3 is 2.31 bits per heavy atom. The van der Waals surface area contributed by atoms with Crippen LogP contribution in [0.15, 0.2) is 73.3 Å². The molecule has 0 aliphatic carbocycles. The van der Waals surface area contributed by atoms with Crippen molar-refractivity contribution in [3.63, 3.8) is 0 Å². The van der Waals surface area contributed by atoms with Crippen molar-refractivity contribution >= 4 is 5.91 Å². The fraction of sp³-hybridized carbons (Fsp3) is 0.318. The van der Waals surface area contributed by atoms with E-state index in [0.29, 0.717) is 13.0 Å². The maximum Gasteiger partial charge on any atom is 0.240 e. The Morgan fingerprint density at radius 1 is 1.15 bits per heavy atom. The van der Waals surface area contributed by atoms with E-state index in [2.05, 4.69) is 11.9 Å². The molecule has 0 aromatic heterocycles. The lowest BCUT2D eigenvalue weighted by molar-refractivity contribution is -0.136. The number of carbonyl (C=O) groups is 1. The molecule has 0 spiro atoms. The Balaban J connectivity index is 2.02. The first-order valence-electron chi connectivity index (χ1n) is 8.92. The van der Waals surface area contributed by atoms with Gasteiger partial charge in [-0.3, -0.25) is 4.79 Å². The molecule has 0 radical (unpaired) electrons. The second-order valence-electron chi connectivity index (χ2n) is 6.49. The molecule has 2 N–H and O–H groups in total. The molecule has 0 saturated carbocycles. The zero-order valence-corrected chi connectivity index (χ0v) is 15.5. The molecule has 26 heavy (non-hydrogen) atoms. The molecule has 0 fully saturated rings. The number of rotatable bonds is 9. The van der Waals surface area contributed by atoms with Crippen LogP contribution in [0.3, 0.4) is 0 Å². The van der Waals surface area contributed by atoms with E-state index in [1.165, 1.54) is 0 Å². The summed E-state index contributed by atoms with van der Waals surface area (Å²) in [4.78, 5) is 14.6. The van der Waals surface area contributed by atoms with Crippen molar-refractivity contribution in [1.29, 1.82) is 0 Å². The first-order valence-corrected chi connectivity index (χ1v) is 8.92. The minimum atomic E-state index is -0.733. The van der Waals surface area contributed by atoms with Crippen LogP contribution in [0.5, 0.6) is 0 Å². The fourth-order valence-electron chi connectivity index (χ4n) is 2.86. The molecule has 138 valence electrons. The van der Waals surface area contributed by atoms with Crippen molar-refractivity contribution in [2.75, 3.05) is 7.05 Å². The minimum absolute atomic E-state index is 0.0525. The molecular formula is C22H28N2O2. The summed E-state index contributed by atoms with van der Waals surface area (Å²) in [6, 6.07) is 18.7. The Labute approximate surface area is 156 Å². The zero-order valence-electron chi connectivity index (χ0n) is 15.5. The molecule has 3 atom stereocenters. The van der Waals surface area contributed by atoms with Gasteiger partial charge < -0.3 is 15.3 Å². The van der Waals surface area contributed by atoms with Crippen LogP contribution in [0, 0.1) is 0 Å². The highest BCUT2D eigenvalue weighted by Gasteiger charge is 2.28. The number of nitrogens with one attached hydrogen (secondary N) is 1. The number of amides is 1. The Hall–Kier alpha value is -2.43. The third-order valence-electron chi connectivity index (χ3n) is 4.65. The van der Waals surface area contributed by atoms with Crippen molar-refractivity contribution in [3.8, 4) is 0 Å². The summed E-state index contributed by atoms with van der Waals surface area (Å²) >= 11 is 0. The molecule has 0 aliphatic heterocycles. The largest absolute Gasteiger partial charge is 0.386 e. The molecule has 0 unspecified atom stereocenters. The average molecular weight is 352 g/mol. The van der Waals surface area contributed by atoms with E-state index in [1.54, 1.807) is 18.0 Å². The van der Waals surface area contributed by atoms with Gasteiger partial charge in [0.1, 0.15) is 0 Å². The number of likely N-dealkylation sites (N-methyl/N-ethyl adjacent to an activating group) is 1. The molecule has 0 saturated heterocycles. The second-order valence-corrected chi connectivity index (χ2v) is 6.49. The van der Waals surface area contributed by atoms with Crippen LogP contribution in [0.1, 0.15) is 30.6 Å². The summed E-state index contributed by atoms with van der Waals surface area (Å²) in [7, 11) is 1.74. The van der Waals surface area contributed by atoms with Crippen LogP contribution in [-0.4, -0.2) is 35.0 Å².